The summed E-state index contributed by atoms with van der Waals surface area (Å²) in [6, 6.07) is 15.7. The van der Waals surface area contributed by atoms with Gasteiger partial charge in [-0.25, -0.2) is 9.97 Å². The number of anilines is 1. The molecule has 0 fully saturated rings. The van der Waals surface area contributed by atoms with E-state index in [4.69, 9.17) is 4.74 Å². The lowest BCUT2D eigenvalue weighted by molar-refractivity contribution is -0.116. The highest BCUT2D eigenvalue weighted by atomic mass is 16.5. The Balaban J connectivity index is 1.56. The number of amides is 1. The largest absolute Gasteiger partial charge is 0.424 e. The molecule has 118 valence electrons. The first-order valence-corrected chi connectivity index (χ1v) is 7.76. The number of benzene rings is 2. The van der Waals surface area contributed by atoms with Gasteiger partial charge in [-0.3, -0.25) is 4.79 Å². The summed E-state index contributed by atoms with van der Waals surface area (Å²) >= 11 is 0. The predicted octanol–water partition coefficient (Wildman–Crippen LogP) is 3.82. The summed E-state index contributed by atoms with van der Waals surface area (Å²) in [4.78, 5) is 20.0. The number of hydrogen-bond acceptors (Lipinski definition) is 4. The lowest BCUT2D eigenvalue weighted by atomic mass is 9.98. The molecule has 24 heavy (non-hydrogen) atoms. The molecule has 0 spiro atoms. The molecular weight excluding hydrogens is 302 g/mol. The Morgan fingerprint density at radius 1 is 0.917 bits per heavy atom. The summed E-state index contributed by atoms with van der Waals surface area (Å²) in [7, 11) is 0. The van der Waals surface area contributed by atoms with E-state index < -0.39 is 0 Å². The van der Waals surface area contributed by atoms with Crippen molar-refractivity contribution < 1.29 is 9.53 Å². The van der Waals surface area contributed by atoms with E-state index in [9.17, 15) is 4.79 Å². The highest BCUT2D eigenvalue weighted by Gasteiger charge is 2.15. The van der Waals surface area contributed by atoms with Crippen molar-refractivity contribution >= 4 is 11.6 Å². The molecule has 1 aromatic heterocycles. The van der Waals surface area contributed by atoms with Gasteiger partial charge >= 0.3 is 6.01 Å². The van der Waals surface area contributed by atoms with Crippen LogP contribution in [0.5, 0.6) is 11.8 Å². The molecule has 0 aliphatic carbocycles. The van der Waals surface area contributed by atoms with Crippen LogP contribution in [-0.4, -0.2) is 15.9 Å². The molecule has 5 nitrogen and oxygen atoms in total. The molecule has 1 aliphatic rings. The Morgan fingerprint density at radius 2 is 1.71 bits per heavy atom. The van der Waals surface area contributed by atoms with E-state index in [0.29, 0.717) is 18.2 Å². The van der Waals surface area contributed by atoms with Crippen LogP contribution < -0.4 is 10.1 Å². The van der Waals surface area contributed by atoms with Crippen LogP contribution in [-0.2, 0) is 11.2 Å². The Bertz CT molecular complexity index is 877. The molecule has 0 saturated heterocycles. The maximum absolute atomic E-state index is 11.4. The maximum Gasteiger partial charge on any atom is 0.321 e. The van der Waals surface area contributed by atoms with Crippen molar-refractivity contribution in [2.24, 2.45) is 0 Å². The van der Waals surface area contributed by atoms with Gasteiger partial charge in [0.15, 0.2) is 0 Å². The van der Waals surface area contributed by atoms with Gasteiger partial charge in [0, 0.05) is 30.1 Å². The quantitative estimate of drug-likeness (QED) is 0.797. The van der Waals surface area contributed by atoms with Crippen LogP contribution >= 0.6 is 0 Å². The average molecular weight is 317 g/mol. The molecule has 5 heteroatoms. The van der Waals surface area contributed by atoms with Crippen molar-refractivity contribution in [3.05, 3.63) is 66.5 Å². The fraction of sp³-hybridized carbons (Fsp3) is 0.105. The summed E-state index contributed by atoms with van der Waals surface area (Å²) in [6.45, 7) is 0. The third-order valence-electron chi connectivity index (χ3n) is 3.91. The van der Waals surface area contributed by atoms with Gasteiger partial charge in [0.1, 0.15) is 5.75 Å². The van der Waals surface area contributed by atoms with E-state index in [1.807, 2.05) is 42.5 Å². The smallest absolute Gasteiger partial charge is 0.321 e. The molecule has 4 rings (SSSR count). The van der Waals surface area contributed by atoms with E-state index in [1.54, 1.807) is 12.4 Å². The Hall–Kier alpha value is -3.21. The van der Waals surface area contributed by atoms with Gasteiger partial charge in [0.2, 0.25) is 5.91 Å². The number of hydrogen-bond donors (Lipinski definition) is 1. The highest BCUT2D eigenvalue weighted by Crippen LogP contribution is 2.28. The fourth-order valence-corrected chi connectivity index (χ4v) is 2.67. The van der Waals surface area contributed by atoms with Gasteiger partial charge < -0.3 is 10.1 Å². The first-order valence-electron chi connectivity index (χ1n) is 7.76. The second-order valence-corrected chi connectivity index (χ2v) is 5.59. The van der Waals surface area contributed by atoms with Crippen molar-refractivity contribution in [1.29, 1.82) is 0 Å². The first kappa shape index (κ1) is 14.4. The molecule has 0 unspecified atom stereocenters. The van der Waals surface area contributed by atoms with Crippen molar-refractivity contribution in [2.45, 2.75) is 12.8 Å². The number of para-hydroxylation sites is 1. The monoisotopic (exact) mass is 317 g/mol. The van der Waals surface area contributed by atoms with Crippen molar-refractivity contribution in [3.63, 3.8) is 0 Å². The van der Waals surface area contributed by atoms with Crippen LogP contribution in [0.15, 0.2) is 60.9 Å². The number of rotatable bonds is 3. The van der Waals surface area contributed by atoms with Gasteiger partial charge in [-0.05, 0) is 41.8 Å². The number of ether oxygens (including phenoxy) is 1. The van der Waals surface area contributed by atoms with E-state index >= 15 is 0 Å². The van der Waals surface area contributed by atoms with E-state index in [1.165, 1.54) is 0 Å². The lowest BCUT2D eigenvalue weighted by Crippen LogP contribution is -2.18. The second-order valence-electron chi connectivity index (χ2n) is 5.59. The van der Waals surface area contributed by atoms with Crippen molar-refractivity contribution in [2.75, 3.05) is 5.32 Å². The zero-order chi connectivity index (χ0) is 16.4. The molecule has 0 saturated carbocycles. The van der Waals surface area contributed by atoms with Gasteiger partial charge in [-0.1, -0.05) is 24.3 Å². The molecule has 1 aliphatic heterocycles. The predicted molar refractivity (Wildman–Crippen MR) is 90.9 cm³/mol. The standard InChI is InChI=1S/C19H15N3O2/c23-18-9-7-14-10-13(6-8-17(14)22-18)15-11-20-19(21-12-15)24-16-4-2-1-3-5-16/h1-6,8,10-12H,7,9H2,(H,22,23). The average Bonchev–Trinajstić information content (AvgIpc) is 2.63. The van der Waals surface area contributed by atoms with E-state index in [2.05, 4.69) is 21.4 Å². The molecule has 2 aromatic carbocycles. The number of nitrogens with one attached hydrogen (secondary N) is 1. The fourth-order valence-electron chi connectivity index (χ4n) is 2.67. The van der Waals surface area contributed by atoms with E-state index in [0.717, 1.165) is 28.8 Å². The molecule has 0 bridgehead atoms. The number of fused-ring (bicyclic) bond motifs is 1. The topological polar surface area (TPSA) is 64.1 Å². The maximum atomic E-state index is 11.4. The second kappa shape index (κ2) is 6.12. The third-order valence-corrected chi connectivity index (χ3v) is 3.91. The molecule has 3 aromatic rings. The van der Waals surface area contributed by atoms with Crippen LogP contribution in [0.25, 0.3) is 11.1 Å². The molecule has 0 radical (unpaired) electrons. The minimum absolute atomic E-state index is 0.0704. The third kappa shape index (κ3) is 2.96. The summed E-state index contributed by atoms with van der Waals surface area (Å²) in [5.74, 6) is 0.774. The Kier molecular flexibility index (Phi) is 3.67. The summed E-state index contributed by atoms with van der Waals surface area (Å²) < 4.78 is 5.60. The Morgan fingerprint density at radius 3 is 2.50 bits per heavy atom. The number of aryl methyl sites for hydroxylation is 1. The summed E-state index contributed by atoms with van der Waals surface area (Å²) in [6.07, 6.45) is 4.77. The zero-order valence-electron chi connectivity index (χ0n) is 12.9. The zero-order valence-corrected chi connectivity index (χ0v) is 12.9. The highest BCUT2D eigenvalue weighted by molar-refractivity contribution is 5.94. The van der Waals surface area contributed by atoms with Crippen LogP contribution in [0.3, 0.4) is 0 Å². The summed E-state index contributed by atoms with van der Waals surface area (Å²) in [5, 5.41) is 2.88. The summed E-state index contributed by atoms with van der Waals surface area (Å²) in [5.41, 5.74) is 3.96. The molecule has 1 N–H and O–H groups in total. The van der Waals surface area contributed by atoms with Gasteiger partial charge in [0.05, 0.1) is 0 Å². The lowest BCUT2D eigenvalue weighted by Gasteiger charge is -2.17. The minimum atomic E-state index is 0.0704. The van der Waals surface area contributed by atoms with Gasteiger partial charge in [0.25, 0.3) is 0 Å². The van der Waals surface area contributed by atoms with Gasteiger partial charge in [-0.15, -0.1) is 0 Å². The van der Waals surface area contributed by atoms with E-state index in [-0.39, 0.29) is 5.91 Å². The minimum Gasteiger partial charge on any atom is -0.424 e. The Labute approximate surface area is 139 Å². The van der Waals surface area contributed by atoms with Crippen molar-refractivity contribution in [3.8, 4) is 22.9 Å². The van der Waals surface area contributed by atoms with Crippen LogP contribution in [0.4, 0.5) is 5.69 Å². The molecule has 2 heterocycles. The normalized spacial score (nSPS) is 13.1. The number of carbonyl (C=O) groups excluding carboxylic acids is 1. The van der Waals surface area contributed by atoms with Crippen LogP contribution in [0.2, 0.25) is 0 Å². The van der Waals surface area contributed by atoms with Crippen LogP contribution in [0, 0.1) is 0 Å². The number of aromatic nitrogens is 2. The van der Waals surface area contributed by atoms with Gasteiger partial charge in [-0.2, -0.15) is 0 Å². The SMILES string of the molecule is O=C1CCc2cc(-c3cnc(Oc4ccccc4)nc3)ccc2N1. The number of carbonyl (C=O) groups is 1. The molecular formula is C19H15N3O2. The first-order chi connectivity index (χ1) is 11.8. The van der Waals surface area contributed by atoms with Crippen LogP contribution in [0.1, 0.15) is 12.0 Å². The number of nitrogens with zero attached hydrogens (tertiary/aromatic N) is 2. The molecule has 1 amide bonds. The van der Waals surface area contributed by atoms with Crippen molar-refractivity contribution in [1.82, 2.24) is 9.97 Å². The molecule has 0 atom stereocenters.